The van der Waals surface area contributed by atoms with Gasteiger partial charge in [-0.05, 0) is 59.1 Å². The third kappa shape index (κ3) is 3.84. The van der Waals surface area contributed by atoms with Gasteiger partial charge < -0.3 is 10.1 Å². The minimum absolute atomic E-state index is 0.00831. The molecule has 104 valence electrons. The molecule has 1 amide bonds. The molecule has 2 aromatic carbocycles. The number of benzene rings is 2. The fourth-order valence-corrected chi connectivity index (χ4v) is 2.14. The zero-order valence-corrected chi connectivity index (χ0v) is 13.0. The Hall–Kier alpha value is -1.81. The summed E-state index contributed by atoms with van der Waals surface area (Å²) in [6.45, 7) is 3.94. The Morgan fingerprint density at radius 1 is 1.20 bits per heavy atom. The number of carbonyl (C=O) groups is 1. The molecule has 3 nitrogen and oxygen atoms in total. The fraction of sp³-hybridized carbons (Fsp3) is 0.188. The zero-order valence-electron chi connectivity index (χ0n) is 11.4. The molecule has 0 aromatic heterocycles. The number of aryl methyl sites for hydroxylation is 2. The van der Waals surface area contributed by atoms with Crippen LogP contribution in [0.1, 0.15) is 11.1 Å². The van der Waals surface area contributed by atoms with E-state index in [0.717, 1.165) is 27.0 Å². The zero-order chi connectivity index (χ0) is 14.5. The lowest BCUT2D eigenvalue weighted by atomic mass is 10.1. The lowest BCUT2D eigenvalue weighted by Crippen LogP contribution is -2.20. The second-order valence-electron chi connectivity index (χ2n) is 4.59. The van der Waals surface area contributed by atoms with Gasteiger partial charge in [-0.15, -0.1) is 0 Å². The summed E-state index contributed by atoms with van der Waals surface area (Å²) in [5.41, 5.74) is 2.86. The van der Waals surface area contributed by atoms with Crippen molar-refractivity contribution < 1.29 is 9.53 Å². The van der Waals surface area contributed by atoms with E-state index in [0.29, 0.717) is 0 Å². The first kappa shape index (κ1) is 14.6. The van der Waals surface area contributed by atoms with Crippen LogP contribution in [0.5, 0.6) is 5.75 Å². The van der Waals surface area contributed by atoms with E-state index in [2.05, 4.69) is 21.2 Å². The van der Waals surface area contributed by atoms with E-state index < -0.39 is 0 Å². The Kier molecular flexibility index (Phi) is 4.79. The lowest BCUT2D eigenvalue weighted by Gasteiger charge is -2.11. The van der Waals surface area contributed by atoms with Crippen LogP contribution in [-0.2, 0) is 4.79 Å². The summed E-state index contributed by atoms with van der Waals surface area (Å²) in [6.07, 6.45) is 0. The molecule has 0 saturated heterocycles. The van der Waals surface area contributed by atoms with Crippen molar-refractivity contribution in [2.75, 3.05) is 11.9 Å². The van der Waals surface area contributed by atoms with Gasteiger partial charge in [0.1, 0.15) is 5.75 Å². The van der Waals surface area contributed by atoms with Crippen LogP contribution < -0.4 is 10.1 Å². The highest BCUT2D eigenvalue weighted by Crippen LogP contribution is 2.22. The molecule has 0 spiro atoms. The normalized spacial score (nSPS) is 10.2. The summed E-state index contributed by atoms with van der Waals surface area (Å²) in [5, 5.41) is 2.80. The van der Waals surface area contributed by atoms with Crippen molar-refractivity contribution in [1.82, 2.24) is 0 Å². The van der Waals surface area contributed by atoms with Crippen molar-refractivity contribution in [3.05, 3.63) is 58.1 Å². The van der Waals surface area contributed by atoms with E-state index >= 15 is 0 Å². The third-order valence-corrected chi connectivity index (χ3v) is 3.54. The van der Waals surface area contributed by atoms with Crippen LogP contribution in [0.4, 0.5) is 5.69 Å². The molecule has 0 aliphatic heterocycles. The van der Waals surface area contributed by atoms with Gasteiger partial charge >= 0.3 is 0 Å². The van der Waals surface area contributed by atoms with Gasteiger partial charge in [-0.1, -0.05) is 24.3 Å². The summed E-state index contributed by atoms with van der Waals surface area (Å²) in [5.74, 6) is 0.560. The highest BCUT2D eigenvalue weighted by atomic mass is 79.9. The van der Waals surface area contributed by atoms with Gasteiger partial charge in [0.05, 0.1) is 5.69 Å². The number of hydrogen-bond acceptors (Lipinski definition) is 2. The molecule has 2 aromatic rings. The minimum atomic E-state index is -0.183. The van der Waals surface area contributed by atoms with Gasteiger partial charge in [-0.3, -0.25) is 4.79 Å². The first-order valence-corrected chi connectivity index (χ1v) is 7.10. The number of para-hydroxylation sites is 1. The summed E-state index contributed by atoms with van der Waals surface area (Å²) < 4.78 is 6.41. The van der Waals surface area contributed by atoms with Crippen LogP contribution in [0.3, 0.4) is 0 Å². The van der Waals surface area contributed by atoms with Crippen molar-refractivity contribution in [1.29, 1.82) is 0 Å². The minimum Gasteiger partial charge on any atom is -0.483 e. The van der Waals surface area contributed by atoms with E-state index in [1.54, 1.807) is 0 Å². The molecule has 0 bridgehead atoms. The van der Waals surface area contributed by atoms with Gasteiger partial charge in [0.2, 0.25) is 0 Å². The lowest BCUT2D eigenvalue weighted by molar-refractivity contribution is -0.118. The van der Waals surface area contributed by atoms with Crippen LogP contribution in [0.25, 0.3) is 0 Å². The maximum atomic E-state index is 11.9. The van der Waals surface area contributed by atoms with E-state index in [-0.39, 0.29) is 12.5 Å². The molecule has 0 saturated carbocycles. The number of carbonyl (C=O) groups excluding carboxylic acids is 1. The SMILES string of the molecule is Cc1ccc(C)c(OCC(=O)Nc2ccccc2Br)c1. The molecule has 4 heteroatoms. The van der Waals surface area contributed by atoms with Gasteiger partial charge in [-0.25, -0.2) is 0 Å². The topological polar surface area (TPSA) is 38.3 Å². The molecular formula is C16H16BrNO2. The van der Waals surface area contributed by atoms with Crippen LogP contribution in [-0.4, -0.2) is 12.5 Å². The number of anilines is 1. The second kappa shape index (κ2) is 6.57. The molecule has 1 N–H and O–H groups in total. The highest BCUT2D eigenvalue weighted by Gasteiger charge is 2.07. The molecule has 20 heavy (non-hydrogen) atoms. The average molecular weight is 334 g/mol. The molecule has 0 heterocycles. The Bertz CT molecular complexity index is 626. The molecule has 0 atom stereocenters. The Morgan fingerprint density at radius 3 is 2.70 bits per heavy atom. The monoisotopic (exact) mass is 333 g/mol. The molecule has 0 fully saturated rings. The van der Waals surface area contributed by atoms with Gasteiger partial charge in [0.25, 0.3) is 5.91 Å². The Balaban J connectivity index is 1.96. The van der Waals surface area contributed by atoms with Crippen molar-refractivity contribution in [3.63, 3.8) is 0 Å². The summed E-state index contributed by atoms with van der Waals surface area (Å²) >= 11 is 3.39. The Morgan fingerprint density at radius 2 is 1.95 bits per heavy atom. The average Bonchev–Trinajstić information content (AvgIpc) is 2.42. The summed E-state index contributed by atoms with van der Waals surface area (Å²) in [7, 11) is 0. The van der Waals surface area contributed by atoms with Crippen LogP contribution in [0.15, 0.2) is 46.9 Å². The number of halogens is 1. The van der Waals surface area contributed by atoms with Gasteiger partial charge in [-0.2, -0.15) is 0 Å². The molecule has 0 unspecified atom stereocenters. The molecule has 0 aliphatic rings. The predicted molar refractivity (Wildman–Crippen MR) is 84.2 cm³/mol. The van der Waals surface area contributed by atoms with Crippen molar-refractivity contribution in [2.24, 2.45) is 0 Å². The first-order valence-electron chi connectivity index (χ1n) is 6.30. The standard InChI is InChI=1S/C16H16BrNO2/c1-11-7-8-12(2)15(9-11)20-10-16(19)18-14-6-4-3-5-13(14)17/h3-9H,10H2,1-2H3,(H,18,19). The van der Waals surface area contributed by atoms with Crippen LogP contribution in [0.2, 0.25) is 0 Å². The highest BCUT2D eigenvalue weighted by molar-refractivity contribution is 9.10. The Labute approximate surface area is 127 Å². The first-order chi connectivity index (χ1) is 9.56. The van der Waals surface area contributed by atoms with E-state index in [1.807, 2.05) is 56.3 Å². The number of nitrogens with one attached hydrogen (secondary N) is 1. The maximum absolute atomic E-state index is 11.9. The quantitative estimate of drug-likeness (QED) is 0.915. The van der Waals surface area contributed by atoms with Crippen molar-refractivity contribution >= 4 is 27.5 Å². The van der Waals surface area contributed by atoms with E-state index in [1.165, 1.54) is 0 Å². The maximum Gasteiger partial charge on any atom is 0.262 e. The molecular weight excluding hydrogens is 318 g/mol. The summed E-state index contributed by atoms with van der Waals surface area (Å²) in [6, 6.07) is 13.4. The fourth-order valence-electron chi connectivity index (χ4n) is 1.75. The van der Waals surface area contributed by atoms with Gasteiger partial charge in [0.15, 0.2) is 6.61 Å². The number of amides is 1. The van der Waals surface area contributed by atoms with E-state index in [4.69, 9.17) is 4.74 Å². The second-order valence-corrected chi connectivity index (χ2v) is 5.44. The molecule has 0 radical (unpaired) electrons. The number of hydrogen-bond donors (Lipinski definition) is 1. The van der Waals surface area contributed by atoms with E-state index in [9.17, 15) is 4.79 Å². The van der Waals surface area contributed by atoms with Crippen LogP contribution in [0, 0.1) is 13.8 Å². The molecule has 2 rings (SSSR count). The third-order valence-electron chi connectivity index (χ3n) is 2.85. The largest absolute Gasteiger partial charge is 0.483 e. The number of rotatable bonds is 4. The van der Waals surface area contributed by atoms with Crippen molar-refractivity contribution in [2.45, 2.75) is 13.8 Å². The molecule has 0 aliphatic carbocycles. The van der Waals surface area contributed by atoms with Gasteiger partial charge in [0, 0.05) is 4.47 Å². The smallest absolute Gasteiger partial charge is 0.262 e. The summed E-state index contributed by atoms with van der Waals surface area (Å²) in [4.78, 5) is 11.9. The van der Waals surface area contributed by atoms with Crippen molar-refractivity contribution in [3.8, 4) is 5.75 Å². The van der Waals surface area contributed by atoms with Crippen LogP contribution >= 0.6 is 15.9 Å². The number of ether oxygens (including phenoxy) is 1. The predicted octanol–water partition coefficient (Wildman–Crippen LogP) is 4.08.